The number of benzene rings is 2. The first-order valence-corrected chi connectivity index (χ1v) is 10.7. The van der Waals surface area contributed by atoms with Crippen molar-refractivity contribution in [2.45, 2.75) is 24.0 Å². The van der Waals surface area contributed by atoms with E-state index in [9.17, 15) is 31.5 Å². The molecule has 0 spiro atoms. The van der Waals surface area contributed by atoms with Crippen molar-refractivity contribution in [2.75, 3.05) is 19.7 Å². The SMILES string of the molecule is COCO.O=c1[nH]c(=O)n2c3c(c(-c4cc(Cl)c(F)cc4F)c(C(F)(F)F)cc13)SCCC2.[CH3-].[Cs+]. The smallest absolute Gasteiger partial charge is 0.371 e. The zero-order valence-electron chi connectivity index (χ0n) is 18.9. The molecule has 6 nitrogen and oxygen atoms in total. The Morgan fingerprint density at radius 2 is 1.83 bits per heavy atom. The van der Waals surface area contributed by atoms with Gasteiger partial charge in [-0.3, -0.25) is 14.3 Å². The van der Waals surface area contributed by atoms with Crippen LogP contribution in [0.5, 0.6) is 0 Å². The van der Waals surface area contributed by atoms with E-state index in [2.05, 4.69) is 4.74 Å². The average Bonchev–Trinajstić information content (AvgIpc) is 2.97. The Morgan fingerprint density at radius 3 is 2.40 bits per heavy atom. The second-order valence-corrected chi connectivity index (χ2v) is 8.31. The molecule has 0 saturated carbocycles. The molecule has 14 heteroatoms. The zero-order chi connectivity index (χ0) is 24.5. The van der Waals surface area contributed by atoms with Gasteiger partial charge in [-0.1, -0.05) is 11.6 Å². The van der Waals surface area contributed by atoms with Crippen LogP contribution in [0.15, 0.2) is 32.7 Å². The van der Waals surface area contributed by atoms with E-state index in [0.717, 1.165) is 17.8 Å². The van der Waals surface area contributed by atoms with Gasteiger partial charge in [-0.15, -0.1) is 11.8 Å². The van der Waals surface area contributed by atoms with Crippen LogP contribution in [-0.4, -0.2) is 34.3 Å². The Kier molecular flexibility index (Phi) is 12.5. The van der Waals surface area contributed by atoms with Gasteiger partial charge in [0.2, 0.25) is 0 Å². The van der Waals surface area contributed by atoms with Crippen molar-refractivity contribution in [3.05, 3.63) is 68.7 Å². The van der Waals surface area contributed by atoms with Gasteiger partial charge in [-0.25, -0.2) is 13.6 Å². The summed E-state index contributed by atoms with van der Waals surface area (Å²) < 4.78 is 75.1. The second-order valence-electron chi connectivity index (χ2n) is 6.80. The Morgan fingerprint density at radius 1 is 1.20 bits per heavy atom. The minimum absolute atomic E-state index is 0. The van der Waals surface area contributed by atoms with E-state index in [-0.39, 0.29) is 105 Å². The molecule has 1 aromatic heterocycles. The van der Waals surface area contributed by atoms with Crippen LogP contribution in [0.4, 0.5) is 22.0 Å². The molecule has 1 aliphatic heterocycles. The number of aromatic nitrogens is 2. The van der Waals surface area contributed by atoms with Crippen LogP contribution in [-0.2, 0) is 17.5 Å². The van der Waals surface area contributed by atoms with Crippen LogP contribution in [0, 0.1) is 19.1 Å². The van der Waals surface area contributed by atoms with E-state index in [0.29, 0.717) is 24.3 Å². The molecule has 0 unspecified atom stereocenters. The standard InChI is InChI=1S/C18H10ClF5N2O2S.C2H6O2.CH3.Cs/c19-10-5-7(11(20)6-12(10)21)13-9(18(22,23)24)4-8-14-15(13)29-3-1-2-26(14)17(28)25-16(8)27;1-4-2-3;;/h4-6H,1-3H2,(H,25,27,28);3H,2H2,1H3;1H3;/q;;-1;+1. The summed E-state index contributed by atoms with van der Waals surface area (Å²) in [6, 6.07) is 1.77. The van der Waals surface area contributed by atoms with E-state index >= 15 is 0 Å². The fraction of sp³-hybridized carbons (Fsp3) is 0.286. The summed E-state index contributed by atoms with van der Waals surface area (Å²) in [6.07, 6.45) is -4.51. The second kappa shape index (κ2) is 13.4. The van der Waals surface area contributed by atoms with Gasteiger partial charge in [-0.2, -0.15) is 13.2 Å². The van der Waals surface area contributed by atoms with E-state index in [4.69, 9.17) is 16.7 Å². The maximum atomic E-state index is 14.6. The number of nitrogens with zero attached hydrogens (tertiary/aromatic N) is 1. The van der Waals surface area contributed by atoms with Gasteiger partial charge in [0.25, 0.3) is 5.56 Å². The molecule has 2 aromatic carbocycles. The Labute approximate surface area is 264 Å². The molecule has 0 saturated heterocycles. The third-order valence-electron chi connectivity index (χ3n) is 4.72. The molecule has 0 atom stereocenters. The molecule has 3 aromatic rings. The first-order valence-electron chi connectivity index (χ1n) is 9.29. The minimum atomic E-state index is -4.95. The van der Waals surface area contributed by atoms with Crippen LogP contribution in [0.25, 0.3) is 22.0 Å². The quantitative estimate of drug-likeness (QED) is 0.190. The van der Waals surface area contributed by atoms with E-state index in [1.807, 2.05) is 4.98 Å². The number of ether oxygens (including phenoxy) is 1. The summed E-state index contributed by atoms with van der Waals surface area (Å²) in [5.41, 5.74) is -4.16. The van der Waals surface area contributed by atoms with Gasteiger partial charge >= 0.3 is 80.8 Å². The number of hydrogen-bond donors (Lipinski definition) is 2. The maximum Gasteiger partial charge on any atom is 1.00 e. The van der Waals surface area contributed by atoms with Gasteiger partial charge in [-0.05, 0) is 24.3 Å². The molecule has 0 radical (unpaired) electrons. The number of thioether (sulfide) groups is 1. The summed E-state index contributed by atoms with van der Waals surface area (Å²) in [7, 11) is 1.43. The van der Waals surface area contributed by atoms with Gasteiger partial charge in [0.1, 0.15) is 18.4 Å². The molecule has 35 heavy (non-hydrogen) atoms. The van der Waals surface area contributed by atoms with Gasteiger partial charge in [0.05, 0.1) is 21.5 Å². The average molecular weight is 659 g/mol. The van der Waals surface area contributed by atoms with Gasteiger partial charge in [0.15, 0.2) is 0 Å². The molecule has 1 aliphatic rings. The molecule has 4 rings (SSSR count). The van der Waals surface area contributed by atoms with Crippen molar-refractivity contribution in [1.29, 1.82) is 0 Å². The van der Waals surface area contributed by atoms with Crippen LogP contribution < -0.4 is 80.1 Å². The molecule has 0 amide bonds. The van der Waals surface area contributed by atoms with Crippen molar-refractivity contribution in [3.8, 4) is 11.1 Å². The number of aromatic amines is 1. The summed E-state index contributed by atoms with van der Waals surface area (Å²) in [6.45, 7) is -0.0103. The van der Waals surface area contributed by atoms with Crippen molar-refractivity contribution in [1.82, 2.24) is 9.55 Å². The Bertz CT molecular complexity index is 1330. The fourth-order valence-electron chi connectivity index (χ4n) is 3.38. The normalized spacial score (nSPS) is 12.7. The van der Waals surface area contributed by atoms with Crippen LogP contribution in [0.2, 0.25) is 5.02 Å². The minimum Gasteiger partial charge on any atom is -0.371 e. The molecule has 186 valence electrons. The number of aryl methyl sites for hydroxylation is 1. The maximum absolute atomic E-state index is 14.6. The number of halogens is 6. The monoisotopic (exact) mass is 658 g/mol. The molecule has 2 N–H and O–H groups in total. The third-order valence-corrected chi connectivity index (χ3v) is 6.19. The van der Waals surface area contributed by atoms with Crippen LogP contribution in [0.3, 0.4) is 0 Å². The molecule has 0 fully saturated rings. The number of methoxy groups -OCH3 is 1. The predicted octanol–water partition coefficient (Wildman–Crippen LogP) is 1.84. The number of hydrogen-bond acceptors (Lipinski definition) is 5. The summed E-state index contributed by atoms with van der Waals surface area (Å²) in [5.74, 6) is -2.03. The molecular weight excluding hydrogens is 640 g/mol. The summed E-state index contributed by atoms with van der Waals surface area (Å²) in [4.78, 5) is 26.5. The first-order chi connectivity index (χ1) is 15.5. The van der Waals surface area contributed by atoms with Crippen molar-refractivity contribution in [2.24, 2.45) is 0 Å². The number of aliphatic hydroxyl groups is 1. The number of rotatable bonds is 2. The molecule has 2 heterocycles. The van der Waals surface area contributed by atoms with E-state index in [1.165, 1.54) is 11.7 Å². The van der Waals surface area contributed by atoms with E-state index in [1.54, 1.807) is 0 Å². The zero-order valence-corrected chi connectivity index (χ0v) is 26.7. The number of H-pyrrole nitrogens is 1. The molecular formula is C21H19ClCsF5N2O4S. The van der Waals surface area contributed by atoms with Crippen LogP contribution in [0.1, 0.15) is 12.0 Å². The third kappa shape index (κ3) is 6.94. The Hall–Kier alpha value is -0.358. The first kappa shape index (κ1) is 32.7. The Balaban J connectivity index is 0.000000950. The van der Waals surface area contributed by atoms with Crippen molar-refractivity contribution < 1.29 is 101 Å². The van der Waals surface area contributed by atoms with Crippen molar-refractivity contribution in [3.63, 3.8) is 0 Å². The topological polar surface area (TPSA) is 84.3 Å². The van der Waals surface area contributed by atoms with Crippen LogP contribution >= 0.6 is 23.4 Å². The predicted molar refractivity (Wildman–Crippen MR) is 120 cm³/mol. The summed E-state index contributed by atoms with van der Waals surface area (Å²) >= 11 is 6.68. The molecule has 0 bridgehead atoms. The summed E-state index contributed by atoms with van der Waals surface area (Å²) in [5, 5.41) is 6.77. The number of nitrogens with one attached hydrogen (secondary N) is 1. The molecule has 0 aliphatic carbocycles. The largest absolute Gasteiger partial charge is 1.00 e. The number of alkyl halides is 3. The van der Waals surface area contributed by atoms with Crippen molar-refractivity contribution >= 4 is 34.3 Å². The van der Waals surface area contributed by atoms with Gasteiger partial charge < -0.3 is 17.3 Å². The van der Waals surface area contributed by atoms with Gasteiger partial charge in [0, 0.05) is 35.7 Å². The fourth-order valence-corrected chi connectivity index (χ4v) is 4.74. The van der Waals surface area contributed by atoms with E-state index < -0.39 is 50.8 Å². The number of aliphatic hydroxyl groups excluding tert-OH is 1.